The van der Waals surface area contributed by atoms with Crippen LogP contribution in [0.15, 0.2) is 47.6 Å². The SMILES string of the molecule is Cc1cc(C(C)(C)C)ccc1OCC(=O)NN=Cc1ccc(C(=O)[O-])cc1. The Balaban J connectivity index is 1.86. The number of aryl methyl sites for hydroxylation is 1. The molecule has 1 N–H and O–H groups in total. The molecule has 0 fully saturated rings. The van der Waals surface area contributed by atoms with E-state index >= 15 is 0 Å². The van der Waals surface area contributed by atoms with E-state index in [-0.39, 0.29) is 17.6 Å². The average Bonchev–Trinajstić information content (AvgIpc) is 2.60. The molecule has 0 bridgehead atoms. The average molecular weight is 367 g/mol. The highest BCUT2D eigenvalue weighted by molar-refractivity contribution is 5.88. The summed E-state index contributed by atoms with van der Waals surface area (Å²) in [4.78, 5) is 22.5. The van der Waals surface area contributed by atoms with Gasteiger partial charge in [0.15, 0.2) is 6.61 Å². The van der Waals surface area contributed by atoms with Crippen LogP contribution in [0, 0.1) is 6.92 Å². The van der Waals surface area contributed by atoms with E-state index in [0.29, 0.717) is 11.3 Å². The molecule has 0 atom stereocenters. The summed E-state index contributed by atoms with van der Waals surface area (Å²) in [6.07, 6.45) is 1.42. The third-order valence-electron chi connectivity index (χ3n) is 3.95. The molecule has 2 aromatic carbocycles. The van der Waals surface area contributed by atoms with Crippen molar-refractivity contribution in [3.8, 4) is 5.75 Å². The van der Waals surface area contributed by atoms with Crippen LogP contribution in [0.25, 0.3) is 0 Å². The predicted molar refractivity (Wildman–Crippen MR) is 102 cm³/mol. The Bertz CT molecular complexity index is 849. The number of carboxylic acid groups (broad SMARTS) is 1. The molecule has 1 amide bonds. The highest BCUT2D eigenvalue weighted by atomic mass is 16.5. The maximum atomic E-state index is 11.9. The number of hydrogen-bond acceptors (Lipinski definition) is 5. The van der Waals surface area contributed by atoms with Crippen LogP contribution >= 0.6 is 0 Å². The van der Waals surface area contributed by atoms with Gasteiger partial charge in [-0.2, -0.15) is 5.10 Å². The molecule has 0 aromatic heterocycles. The van der Waals surface area contributed by atoms with Crippen molar-refractivity contribution < 1.29 is 19.4 Å². The molecule has 0 aliphatic rings. The Morgan fingerprint density at radius 3 is 2.37 bits per heavy atom. The van der Waals surface area contributed by atoms with Gasteiger partial charge < -0.3 is 14.6 Å². The summed E-state index contributed by atoms with van der Waals surface area (Å²) in [6, 6.07) is 11.9. The number of hydrazone groups is 1. The van der Waals surface area contributed by atoms with Crippen LogP contribution in [-0.2, 0) is 10.2 Å². The fraction of sp³-hybridized carbons (Fsp3) is 0.286. The second kappa shape index (κ2) is 8.49. The van der Waals surface area contributed by atoms with Gasteiger partial charge in [0.25, 0.3) is 5.91 Å². The molecule has 6 nitrogen and oxygen atoms in total. The van der Waals surface area contributed by atoms with Crippen LogP contribution in [0.1, 0.15) is 47.8 Å². The molecule has 0 unspecified atom stereocenters. The van der Waals surface area contributed by atoms with Crippen LogP contribution in [0.5, 0.6) is 5.75 Å². The minimum Gasteiger partial charge on any atom is -0.545 e. The van der Waals surface area contributed by atoms with E-state index in [1.807, 2.05) is 19.1 Å². The van der Waals surface area contributed by atoms with E-state index in [9.17, 15) is 14.7 Å². The van der Waals surface area contributed by atoms with Gasteiger partial charge in [0.05, 0.1) is 12.2 Å². The molecule has 0 saturated heterocycles. The number of ether oxygens (including phenoxy) is 1. The zero-order chi connectivity index (χ0) is 20.0. The van der Waals surface area contributed by atoms with E-state index in [0.717, 1.165) is 5.56 Å². The van der Waals surface area contributed by atoms with Crippen LogP contribution in [-0.4, -0.2) is 24.7 Å². The molecule has 0 aliphatic carbocycles. The van der Waals surface area contributed by atoms with E-state index in [1.165, 1.54) is 23.9 Å². The summed E-state index contributed by atoms with van der Waals surface area (Å²) in [5.74, 6) is -0.980. The molecular formula is C21H23N2O4-. The number of nitrogens with one attached hydrogen (secondary N) is 1. The summed E-state index contributed by atoms with van der Waals surface area (Å²) in [7, 11) is 0. The highest BCUT2D eigenvalue weighted by Gasteiger charge is 2.15. The molecule has 142 valence electrons. The molecular weight excluding hydrogens is 344 g/mol. The minimum atomic E-state index is -1.24. The zero-order valence-corrected chi connectivity index (χ0v) is 15.9. The van der Waals surface area contributed by atoms with Crippen LogP contribution in [0.4, 0.5) is 0 Å². The summed E-state index contributed by atoms with van der Waals surface area (Å²) in [5.41, 5.74) is 5.31. The smallest absolute Gasteiger partial charge is 0.277 e. The first kappa shape index (κ1) is 20.2. The highest BCUT2D eigenvalue weighted by Crippen LogP contribution is 2.27. The van der Waals surface area contributed by atoms with Crippen LogP contribution in [0.3, 0.4) is 0 Å². The second-order valence-electron chi connectivity index (χ2n) is 7.22. The predicted octanol–water partition coefficient (Wildman–Crippen LogP) is 2.19. The molecule has 27 heavy (non-hydrogen) atoms. The lowest BCUT2D eigenvalue weighted by Gasteiger charge is -2.20. The molecule has 0 saturated carbocycles. The number of rotatable bonds is 6. The number of hydrogen-bond donors (Lipinski definition) is 1. The fourth-order valence-electron chi connectivity index (χ4n) is 2.34. The molecule has 0 spiro atoms. The number of carbonyl (C=O) groups excluding carboxylic acids is 2. The largest absolute Gasteiger partial charge is 0.545 e. The lowest BCUT2D eigenvalue weighted by molar-refractivity contribution is -0.255. The van der Waals surface area contributed by atoms with Gasteiger partial charge >= 0.3 is 0 Å². The van der Waals surface area contributed by atoms with Crippen molar-refractivity contribution >= 4 is 18.1 Å². The van der Waals surface area contributed by atoms with Crippen molar-refractivity contribution in [1.29, 1.82) is 0 Å². The number of benzene rings is 2. The fourth-order valence-corrected chi connectivity index (χ4v) is 2.34. The van der Waals surface area contributed by atoms with Crippen LogP contribution < -0.4 is 15.3 Å². The maximum Gasteiger partial charge on any atom is 0.277 e. The van der Waals surface area contributed by atoms with Gasteiger partial charge in [-0.25, -0.2) is 5.43 Å². The standard InChI is InChI=1S/C21H24N2O4/c1-14-11-17(21(2,3)4)9-10-18(14)27-13-19(24)23-22-12-15-5-7-16(8-6-15)20(25)26/h5-12H,13H2,1-4H3,(H,23,24)(H,25,26)/p-1. The van der Waals surface area contributed by atoms with Gasteiger partial charge in [0, 0.05) is 0 Å². The number of nitrogens with zero attached hydrogens (tertiary/aromatic N) is 1. The Morgan fingerprint density at radius 2 is 1.81 bits per heavy atom. The number of amides is 1. The van der Waals surface area contributed by atoms with Gasteiger partial charge in [0.1, 0.15) is 5.75 Å². The third-order valence-corrected chi connectivity index (χ3v) is 3.95. The summed E-state index contributed by atoms with van der Waals surface area (Å²) in [5, 5.41) is 14.5. The molecule has 2 aromatic rings. The Kier molecular flexibility index (Phi) is 6.34. The molecule has 0 radical (unpaired) electrons. The van der Waals surface area contributed by atoms with Gasteiger partial charge in [-0.15, -0.1) is 0 Å². The Hall–Kier alpha value is -3.15. The summed E-state index contributed by atoms with van der Waals surface area (Å²) in [6.45, 7) is 8.20. The van der Waals surface area contributed by atoms with E-state index < -0.39 is 11.9 Å². The van der Waals surface area contributed by atoms with Gasteiger partial charge in [-0.3, -0.25) is 4.79 Å². The van der Waals surface area contributed by atoms with E-state index in [1.54, 1.807) is 12.1 Å². The van der Waals surface area contributed by atoms with Crippen molar-refractivity contribution in [2.75, 3.05) is 6.61 Å². The first-order chi connectivity index (χ1) is 12.7. The lowest BCUT2D eigenvalue weighted by Crippen LogP contribution is -2.25. The Morgan fingerprint density at radius 1 is 1.15 bits per heavy atom. The van der Waals surface area contributed by atoms with Crippen molar-refractivity contribution in [3.05, 3.63) is 64.7 Å². The topological polar surface area (TPSA) is 90.8 Å². The first-order valence-electron chi connectivity index (χ1n) is 8.54. The minimum absolute atomic E-state index is 0.0502. The molecule has 0 aliphatic heterocycles. The van der Waals surface area contributed by atoms with Gasteiger partial charge in [-0.1, -0.05) is 57.2 Å². The molecule has 6 heteroatoms. The van der Waals surface area contributed by atoms with E-state index in [4.69, 9.17) is 4.74 Å². The molecule has 0 heterocycles. The van der Waals surface area contributed by atoms with Gasteiger partial charge in [0.2, 0.25) is 0 Å². The monoisotopic (exact) mass is 367 g/mol. The first-order valence-corrected chi connectivity index (χ1v) is 8.54. The van der Waals surface area contributed by atoms with Crippen molar-refractivity contribution in [2.24, 2.45) is 5.10 Å². The van der Waals surface area contributed by atoms with Crippen molar-refractivity contribution in [1.82, 2.24) is 5.43 Å². The van der Waals surface area contributed by atoms with Gasteiger partial charge in [-0.05, 0) is 40.7 Å². The summed E-state index contributed by atoms with van der Waals surface area (Å²) >= 11 is 0. The number of carboxylic acids is 1. The molecule has 2 rings (SSSR count). The number of carbonyl (C=O) groups is 2. The van der Waals surface area contributed by atoms with Crippen LogP contribution in [0.2, 0.25) is 0 Å². The maximum absolute atomic E-state index is 11.9. The quantitative estimate of drug-likeness (QED) is 0.626. The number of aromatic carboxylic acids is 1. The summed E-state index contributed by atoms with van der Waals surface area (Å²) < 4.78 is 5.55. The van der Waals surface area contributed by atoms with Crippen molar-refractivity contribution in [2.45, 2.75) is 33.1 Å². The Labute approximate surface area is 158 Å². The normalized spacial score (nSPS) is 11.4. The lowest BCUT2D eigenvalue weighted by atomic mass is 9.86. The third kappa shape index (κ3) is 5.95. The van der Waals surface area contributed by atoms with Crippen molar-refractivity contribution in [3.63, 3.8) is 0 Å². The van der Waals surface area contributed by atoms with E-state index in [2.05, 4.69) is 37.4 Å². The second-order valence-corrected chi connectivity index (χ2v) is 7.22. The zero-order valence-electron chi connectivity index (χ0n) is 15.9.